The topological polar surface area (TPSA) is 185 Å². The van der Waals surface area contributed by atoms with Gasteiger partial charge in [0.1, 0.15) is 0 Å². The number of hydrazine groups is 2. The maximum Gasteiger partial charge on any atom is 0.348 e. The zero-order valence-corrected chi connectivity index (χ0v) is 13.1. The van der Waals surface area contributed by atoms with Crippen LogP contribution in [0.25, 0.3) is 10.8 Å². The second-order valence-electron chi connectivity index (χ2n) is 5.10. The predicted octanol–water partition coefficient (Wildman–Crippen LogP) is -0.647. The molecule has 0 bridgehead atoms. The lowest BCUT2D eigenvalue weighted by atomic mass is 9.94. The molecule has 0 aromatic heterocycles. The number of hydrogen-bond donors (Lipinski definition) is 5. The smallest absolute Gasteiger partial charge is 0.348 e. The third-order valence-corrected chi connectivity index (χ3v) is 4.46. The Morgan fingerprint density at radius 3 is 2.36 bits per heavy atom. The van der Waals surface area contributed by atoms with Crippen molar-refractivity contribution in [3.8, 4) is 0 Å². The monoisotopic (exact) mass is 365 g/mol. The lowest BCUT2D eigenvalue weighted by molar-refractivity contribution is 0.0542. The molecule has 1 aliphatic heterocycles. The van der Waals surface area contributed by atoms with E-state index in [0.29, 0.717) is 5.01 Å². The van der Waals surface area contributed by atoms with E-state index in [9.17, 15) is 27.4 Å². The van der Waals surface area contributed by atoms with Crippen LogP contribution in [0.3, 0.4) is 0 Å². The summed E-state index contributed by atoms with van der Waals surface area (Å²) >= 11 is 0. The van der Waals surface area contributed by atoms with Gasteiger partial charge < -0.3 is 5.73 Å². The zero-order chi connectivity index (χ0) is 18.5. The molecule has 0 unspecified atom stereocenters. The summed E-state index contributed by atoms with van der Waals surface area (Å²) in [7, 11) is -4.65. The number of rotatable bonds is 2. The molecule has 0 saturated carbocycles. The number of anilines is 1. The first-order valence-electron chi connectivity index (χ1n) is 6.65. The lowest BCUT2D eigenvalue weighted by Gasteiger charge is -2.27. The van der Waals surface area contributed by atoms with Crippen LogP contribution >= 0.6 is 0 Å². The summed E-state index contributed by atoms with van der Waals surface area (Å²) in [6.07, 6.45) is 0. The summed E-state index contributed by atoms with van der Waals surface area (Å²) in [6.45, 7) is 0. The third-order valence-electron chi connectivity index (χ3n) is 3.63. The first kappa shape index (κ1) is 16.6. The molecule has 0 saturated heterocycles. The number of carbonyl (C=O) groups excluding carboxylic acids is 3. The average molecular weight is 365 g/mol. The van der Waals surface area contributed by atoms with Crippen molar-refractivity contribution < 1.29 is 27.4 Å². The molecular formula is C13H11N5O6S. The molecule has 3 rings (SSSR count). The first-order chi connectivity index (χ1) is 11.6. The zero-order valence-electron chi connectivity index (χ0n) is 12.3. The van der Waals surface area contributed by atoms with Crippen molar-refractivity contribution in [3.63, 3.8) is 0 Å². The average Bonchev–Trinajstić information content (AvgIpc) is 2.56. The maximum absolute atomic E-state index is 12.6. The van der Waals surface area contributed by atoms with Gasteiger partial charge in [0.15, 0.2) is 0 Å². The van der Waals surface area contributed by atoms with Gasteiger partial charge in [-0.1, -0.05) is 0 Å². The van der Waals surface area contributed by atoms with Gasteiger partial charge in [0.2, 0.25) is 0 Å². The Kier molecular flexibility index (Phi) is 3.60. The summed E-state index contributed by atoms with van der Waals surface area (Å²) in [6, 6.07) is 3.58. The minimum atomic E-state index is -4.65. The fourth-order valence-electron chi connectivity index (χ4n) is 2.54. The van der Waals surface area contributed by atoms with Gasteiger partial charge in [-0.15, -0.1) is 0 Å². The van der Waals surface area contributed by atoms with Gasteiger partial charge in [0.05, 0.1) is 16.0 Å². The fraction of sp³-hybridized carbons (Fsp3) is 0. The number of amides is 4. The quantitative estimate of drug-likeness (QED) is 0.116. The van der Waals surface area contributed by atoms with Crippen molar-refractivity contribution in [2.24, 2.45) is 5.84 Å². The maximum atomic E-state index is 12.6. The van der Waals surface area contributed by atoms with E-state index in [1.807, 2.05) is 5.43 Å². The van der Waals surface area contributed by atoms with Crippen LogP contribution < -0.4 is 22.4 Å². The van der Waals surface area contributed by atoms with Crippen LogP contribution in [0.1, 0.15) is 20.7 Å². The molecule has 1 heterocycles. The highest BCUT2D eigenvalue weighted by atomic mass is 32.2. The molecule has 7 N–H and O–H groups in total. The van der Waals surface area contributed by atoms with Gasteiger partial charge in [0, 0.05) is 16.5 Å². The Bertz CT molecular complexity index is 1060. The van der Waals surface area contributed by atoms with Gasteiger partial charge >= 0.3 is 6.03 Å². The van der Waals surface area contributed by atoms with Crippen LogP contribution in [0.15, 0.2) is 29.2 Å². The Labute approximate surface area is 140 Å². The molecule has 0 fully saturated rings. The number of carbonyl (C=O) groups is 3. The van der Waals surface area contributed by atoms with Gasteiger partial charge in [0.25, 0.3) is 21.9 Å². The molecule has 0 spiro atoms. The van der Waals surface area contributed by atoms with Crippen LogP contribution in [-0.2, 0) is 10.1 Å². The molecule has 0 aliphatic carbocycles. The van der Waals surface area contributed by atoms with Crippen LogP contribution in [0.5, 0.6) is 0 Å². The number of nitrogens with zero attached hydrogens (tertiary/aromatic N) is 1. The molecular weight excluding hydrogens is 354 g/mol. The number of nitrogens with one attached hydrogen (secondary N) is 2. The number of nitrogens with two attached hydrogens (primary N) is 2. The summed E-state index contributed by atoms with van der Waals surface area (Å²) < 4.78 is 32.2. The summed E-state index contributed by atoms with van der Waals surface area (Å²) in [4.78, 5) is 35.8. The Hall–Kier alpha value is -3.22. The van der Waals surface area contributed by atoms with Crippen LogP contribution in [0.2, 0.25) is 0 Å². The van der Waals surface area contributed by atoms with Crippen molar-refractivity contribution >= 4 is 44.4 Å². The van der Waals surface area contributed by atoms with E-state index < -0.39 is 32.9 Å². The van der Waals surface area contributed by atoms with Crippen molar-refractivity contribution in [2.45, 2.75) is 4.90 Å². The number of hydrogen-bond acceptors (Lipinski definition) is 7. The molecule has 2 aromatic rings. The summed E-state index contributed by atoms with van der Waals surface area (Å²) in [5, 5.41) is 0.601. The van der Waals surface area contributed by atoms with Crippen molar-refractivity contribution in [1.82, 2.24) is 15.9 Å². The van der Waals surface area contributed by atoms with E-state index in [1.165, 1.54) is 12.1 Å². The third kappa shape index (κ3) is 2.53. The first-order valence-corrected chi connectivity index (χ1v) is 8.09. The largest absolute Gasteiger partial charge is 0.398 e. The lowest BCUT2D eigenvalue weighted by Crippen LogP contribution is -2.55. The molecule has 25 heavy (non-hydrogen) atoms. The van der Waals surface area contributed by atoms with Gasteiger partial charge in [-0.2, -0.15) is 13.4 Å². The Balaban J connectivity index is 2.34. The van der Waals surface area contributed by atoms with Gasteiger partial charge in [-0.25, -0.2) is 16.1 Å². The SMILES string of the molecule is NNC(=O)NN1C(=O)c2ccc(N)c3cc(S(=O)(=O)O)cc(c23)C1=O. The molecule has 11 nitrogen and oxygen atoms in total. The molecule has 4 amide bonds. The van der Waals surface area contributed by atoms with E-state index in [0.717, 1.165) is 12.1 Å². The van der Waals surface area contributed by atoms with E-state index in [1.54, 1.807) is 5.43 Å². The van der Waals surface area contributed by atoms with E-state index in [-0.39, 0.29) is 27.6 Å². The van der Waals surface area contributed by atoms with Gasteiger partial charge in [-0.3, -0.25) is 19.6 Å². The van der Waals surface area contributed by atoms with Crippen molar-refractivity contribution in [2.75, 3.05) is 5.73 Å². The molecule has 1 aliphatic rings. The molecule has 2 aromatic carbocycles. The van der Waals surface area contributed by atoms with E-state index in [4.69, 9.17) is 11.6 Å². The predicted molar refractivity (Wildman–Crippen MR) is 84.5 cm³/mol. The van der Waals surface area contributed by atoms with Crippen LogP contribution in [0.4, 0.5) is 10.5 Å². The van der Waals surface area contributed by atoms with Crippen molar-refractivity contribution in [3.05, 3.63) is 35.4 Å². The molecule has 0 atom stereocenters. The molecule has 0 radical (unpaired) electrons. The summed E-state index contributed by atoms with van der Waals surface area (Å²) in [5.74, 6) is 3.04. The molecule has 12 heteroatoms. The minimum Gasteiger partial charge on any atom is -0.398 e. The van der Waals surface area contributed by atoms with Gasteiger partial charge in [-0.05, 0) is 24.3 Å². The van der Waals surface area contributed by atoms with Crippen molar-refractivity contribution in [1.29, 1.82) is 0 Å². The Morgan fingerprint density at radius 2 is 1.76 bits per heavy atom. The van der Waals surface area contributed by atoms with Crippen LogP contribution in [0, 0.1) is 0 Å². The van der Waals surface area contributed by atoms with E-state index >= 15 is 0 Å². The minimum absolute atomic E-state index is 0.0120. The highest BCUT2D eigenvalue weighted by Crippen LogP contribution is 2.35. The molecule has 130 valence electrons. The normalized spacial score (nSPS) is 13.9. The highest BCUT2D eigenvalue weighted by molar-refractivity contribution is 7.85. The highest BCUT2D eigenvalue weighted by Gasteiger charge is 2.35. The number of urea groups is 1. The Morgan fingerprint density at radius 1 is 1.12 bits per heavy atom. The number of benzene rings is 2. The fourth-order valence-corrected chi connectivity index (χ4v) is 3.08. The van der Waals surface area contributed by atoms with E-state index in [2.05, 4.69) is 0 Å². The second kappa shape index (κ2) is 5.41. The van der Waals surface area contributed by atoms with Crippen LogP contribution in [-0.4, -0.2) is 35.8 Å². The standard InChI is InChI=1S/C13H11N5O6S/c14-9-2-1-6-10-7(9)3-5(25(22,23)24)4-8(10)12(20)18(11(6)19)17-13(21)16-15/h1-4H,14-15H2,(H2,16,17,21)(H,22,23,24). The number of imide groups is 1. The summed E-state index contributed by atoms with van der Waals surface area (Å²) in [5.41, 5.74) is 9.32. The number of nitrogen functional groups attached to an aromatic ring is 1. The second-order valence-corrected chi connectivity index (χ2v) is 6.52.